The lowest BCUT2D eigenvalue weighted by atomic mass is 10.2. The van der Waals surface area contributed by atoms with Crippen LogP contribution in [0.15, 0.2) is 53.2 Å². The predicted octanol–water partition coefficient (Wildman–Crippen LogP) is 3.15. The maximum Gasteiger partial charge on any atom is 0.330 e. The highest BCUT2D eigenvalue weighted by molar-refractivity contribution is 5.87. The normalized spacial score (nSPS) is 11.9. The molecule has 0 saturated heterocycles. The summed E-state index contributed by atoms with van der Waals surface area (Å²) in [4.78, 5) is 23.2. The molecule has 2 aromatic rings. The lowest BCUT2D eigenvalue weighted by Crippen LogP contribution is -2.31. The van der Waals surface area contributed by atoms with Gasteiger partial charge in [0.05, 0.1) is 25.5 Å². The van der Waals surface area contributed by atoms with Crippen molar-refractivity contribution in [3.63, 3.8) is 0 Å². The van der Waals surface area contributed by atoms with Crippen LogP contribution in [0.3, 0.4) is 0 Å². The van der Waals surface area contributed by atoms with Gasteiger partial charge in [-0.25, -0.2) is 4.79 Å². The standard InChI is InChI=1S/C19H22N2O4/c1-3-24-19(23)11-8-15-6-9-16(10-7-15)20-13-18(22)21-14(2)17-5-4-12-25-17/h4-12,14,20H,3,13H2,1-2H3,(H,21,22)/b11-8+. The first-order chi connectivity index (χ1) is 12.1. The van der Waals surface area contributed by atoms with Crippen LogP contribution < -0.4 is 10.6 Å². The summed E-state index contributed by atoms with van der Waals surface area (Å²) in [6, 6.07) is 10.8. The molecule has 0 fully saturated rings. The second-order valence-corrected chi connectivity index (χ2v) is 5.37. The molecule has 0 aliphatic heterocycles. The van der Waals surface area contributed by atoms with Gasteiger partial charge >= 0.3 is 5.97 Å². The van der Waals surface area contributed by atoms with Crippen LogP contribution in [-0.2, 0) is 14.3 Å². The smallest absolute Gasteiger partial charge is 0.330 e. The summed E-state index contributed by atoms with van der Waals surface area (Å²) in [6.45, 7) is 4.13. The van der Waals surface area contributed by atoms with Crippen molar-refractivity contribution in [2.75, 3.05) is 18.5 Å². The zero-order chi connectivity index (χ0) is 18.1. The SMILES string of the molecule is CCOC(=O)/C=C/c1ccc(NCC(=O)NC(C)c2ccco2)cc1. The Morgan fingerprint density at radius 2 is 2.00 bits per heavy atom. The molecule has 132 valence electrons. The Labute approximate surface area is 146 Å². The Morgan fingerprint density at radius 3 is 2.64 bits per heavy atom. The monoisotopic (exact) mass is 342 g/mol. The van der Waals surface area contributed by atoms with Gasteiger partial charge in [-0.1, -0.05) is 12.1 Å². The number of nitrogens with one attached hydrogen (secondary N) is 2. The van der Waals surface area contributed by atoms with Gasteiger partial charge < -0.3 is 19.8 Å². The number of amides is 1. The molecule has 1 aromatic carbocycles. The average Bonchev–Trinajstić information content (AvgIpc) is 3.14. The molecular weight excluding hydrogens is 320 g/mol. The summed E-state index contributed by atoms with van der Waals surface area (Å²) in [6.07, 6.45) is 4.64. The summed E-state index contributed by atoms with van der Waals surface area (Å²) in [5.74, 6) is 0.216. The highest BCUT2D eigenvalue weighted by atomic mass is 16.5. The quantitative estimate of drug-likeness (QED) is 0.569. The Morgan fingerprint density at radius 1 is 1.24 bits per heavy atom. The van der Waals surface area contributed by atoms with Crippen molar-refractivity contribution in [2.24, 2.45) is 0 Å². The van der Waals surface area contributed by atoms with Crippen LogP contribution in [0.1, 0.15) is 31.2 Å². The molecule has 0 bridgehead atoms. The molecule has 1 amide bonds. The Bertz CT molecular complexity index is 706. The highest BCUT2D eigenvalue weighted by Gasteiger charge is 2.11. The third kappa shape index (κ3) is 6.18. The number of carbonyl (C=O) groups is 2. The number of carbonyl (C=O) groups excluding carboxylic acids is 2. The predicted molar refractivity (Wildman–Crippen MR) is 95.9 cm³/mol. The number of rotatable bonds is 8. The van der Waals surface area contributed by atoms with E-state index in [9.17, 15) is 9.59 Å². The molecular formula is C19H22N2O4. The van der Waals surface area contributed by atoms with Crippen LogP contribution in [0.2, 0.25) is 0 Å². The molecule has 1 heterocycles. The van der Waals surface area contributed by atoms with Crippen molar-refractivity contribution in [3.05, 3.63) is 60.1 Å². The number of esters is 1. The van der Waals surface area contributed by atoms with E-state index >= 15 is 0 Å². The summed E-state index contributed by atoms with van der Waals surface area (Å²) in [7, 11) is 0. The van der Waals surface area contributed by atoms with E-state index in [4.69, 9.17) is 9.15 Å². The van der Waals surface area contributed by atoms with Crippen molar-refractivity contribution in [1.82, 2.24) is 5.32 Å². The zero-order valence-corrected chi connectivity index (χ0v) is 14.3. The molecule has 1 atom stereocenters. The zero-order valence-electron chi connectivity index (χ0n) is 14.3. The number of hydrogen-bond acceptors (Lipinski definition) is 5. The molecule has 6 nitrogen and oxygen atoms in total. The van der Waals surface area contributed by atoms with Gasteiger partial charge in [-0.2, -0.15) is 0 Å². The molecule has 2 N–H and O–H groups in total. The maximum atomic E-state index is 12.0. The molecule has 1 aromatic heterocycles. The van der Waals surface area contributed by atoms with E-state index in [1.165, 1.54) is 6.08 Å². The largest absolute Gasteiger partial charge is 0.467 e. The first-order valence-corrected chi connectivity index (χ1v) is 8.10. The molecule has 0 aliphatic carbocycles. The molecule has 1 unspecified atom stereocenters. The molecule has 6 heteroatoms. The van der Waals surface area contributed by atoms with Gasteiger partial charge in [0.1, 0.15) is 5.76 Å². The van der Waals surface area contributed by atoms with E-state index in [0.29, 0.717) is 12.4 Å². The van der Waals surface area contributed by atoms with Crippen LogP contribution in [0.5, 0.6) is 0 Å². The van der Waals surface area contributed by atoms with Gasteiger partial charge in [-0.05, 0) is 49.8 Å². The minimum absolute atomic E-state index is 0.129. The summed E-state index contributed by atoms with van der Waals surface area (Å²) >= 11 is 0. The average molecular weight is 342 g/mol. The van der Waals surface area contributed by atoms with Gasteiger partial charge in [-0.3, -0.25) is 4.79 Å². The van der Waals surface area contributed by atoms with E-state index in [0.717, 1.165) is 11.3 Å². The topological polar surface area (TPSA) is 80.6 Å². The van der Waals surface area contributed by atoms with Crippen molar-refractivity contribution in [2.45, 2.75) is 19.9 Å². The molecule has 0 radical (unpaired) electrons. The number of benzene rings is 1. The van der Waals surface area contributed by atoms with Gasteiger partial charge in [0, 0.05) is 11.8 Å². The summed E-state index contributed by atoms with van der Waals surface area (Å²) < 4.78 is 10.1. The lowest BCUT2D eigenvalue weighted by Gasteiger charge is -2.12. The van der Waals surface area contributed by atoms with E-state index < -0.39 is 0 Å². The molecule has 0 saturated carbocycles. The van der Waals surface area contributed by atoms with E-state index in [1.54, 1.807) is 25.3 Å². The van der Waals surface area contributed by atoms with Gasteiger partial charge in [0.15, 0.2) is 0 Å². The fourth-order valence-corrected chi connectivity index (χ4v) is 2.15. The summed E-state index contributed by atoms with van der Waals surface area (Å²) in [5.41, 5.74) is 1.68. The summed E-state index contributed by atoms with van der Waals surface area (Å²) in [5, 5.41) is 5.90. The number of furan rings is 1. The lowest BCUT2D eigenvalue weighted by molar-refractivity contribution is -0.137. The maximum absolute atomic E-state index is 12.0. The van der Waals surface area contributed by atoms with Crippen molar-refractivity contribution in [3.8, 4) is 0 Å². The molecule has 25 heavy (non-hydrogen) atoms. The Balaban J connectivity index is 1.79. The molecule has 0 aliphatic rings. The van der Waals surface area contributed by atoms with Gasteiger partial charge in [-0.15, -0.1) is 0 Å². The number of anilines is 1. The first kappa shape index (κ1) is 18.3. The van der Waals surface area contributed by atoms with Crippen molar-refractivity contribution >= 4 is 23.6 Å². The fourth-order valence-electron chi connectivity index (χ4n) is 2.15. The highest BCUT2D eigenvalue weighted by Crippen LogP contribution is 2.13. The number of hydrogen-bond donors (Lipinski definition) is 2. The van der Waals surface area contributed by atoms with Gasteiger partial charge in [0.2, 0.25) is 5.91 Å². The fraction of sp³-hybridized carbons (Fsp3) is 0.263. The minimum atomic E-state index is -0.368. The van der Waals surface area contributed by atoms with E-state index in [2.05, 4.69) is 10.6 Å². The van der Waals surface area contributed by atoms with Crippen LogP contribution in [0, 0.1) is 0 Å². The van der Waals surface area contributed by atoms with Gasteiger partial charge in [0.25, 0.3) is 0 Å². The molecule has 2 rings (SSSR count). The Kier molecular flexibility index (Phi) is 6.83. The van der Waals surface area contributed by atoms with E-state index in [1.807, 2.05) is 37.3 Å². The van der Waals surface area contributed by atoms with E-state index in [-0.39, 0.29) is 24.5 Å². The first-order valence-electron chi connectivity index (χ1n) is 8.10. The van der Waals surface area contributed by atoms with Crippen LogP contribution >= 0.6 is 0 Å². The Hall–Kier alpha value is -3.02. The van der Waals surface area contributed by atoms with Crippen LogP contribution in [0.4, 0.5) is 5.69 Å². The minimum Gasteiger partial charge on any atom is -0.467 e. The second-order valence-electron chi connectivity index (χ2n) is 5.37. The third-order valence-electron chi connectivity index (χ3n) is 3.41. The third-order valence-corrected chi connectivity index (χ3v) is 3.41. The van der Waals surface area contributed by atoms with Crippen LogP contribution in [0.25, 0.3) is 6.08 Å². The van der Waals surface area contributed by atoms with Crippen LogP contribution in [-0.4, -0.2) is 25.0 Å². The van der Waals surface area contributed by atoms with Crippen molar-refractivity contribution in [1.29, 1.82) is 0 Å². The molecule has 0 spiro atoms. The number of ether oxygens (including phenoxy) is 1. The second kappa shape index (κ2) is 9.32. The van der Waals surface area contributed by atoms with Crippen molar-refractivity contribution < 1.29 is 18.7 Å².